The molecule has 0 aliphatic carbocycles. The molecule has 1 heterocycles. The molecule has 1 fully saturated rings. The number of nitrogens with one attached hydrogen (secondary N) is 2. The molecular weight excluding hydrogens is 262 g/mol. The van der Waals surface area contributed by atoms with Gasteiger partial charge in [-0.05, 0) is 18.1 Å². The van der Waals surface area contributed by atoms with Crippen molar-refractivity contribution in [1.82, 2.24) is 10.6 Å². The average Bonchev–Trinajstić information content (AvgIpc) is 2.63. The minimum absolute atomic E-state index is 0.341. The number of imide groups is 1. The number of carbonyl (C=O) groups excluding carboxylic acids is 2. The van der Waals surface area contributed by atoms with Gasteiger partial charge in [-0.3, -0.25) is 14.9 Å². The van der Waals surface area contributed by atoms with Gasteiger partial charge in [0.15, 0.2) is 0 Å². The van der Waals surface area contributed by atoms with Crippen LogP contribution in [0.25, 0.3) is 0 Å². The summed E-state index contributed by atoms with van der Waals surface area (Å²) in [7, 11) is 0. The molecule has 20 heavy (non-hydrogen) atoms. The highest BCUT2D eigenvalue weighted by Crippen LogP contribution is 2.24. The Morgan fingerprint density at radius 3 is 2.45 bits per heavy atom. The van der Waals surface area contributed by atoms with Crippen LogP contribution in [-0.2, 0) is 21.7 Å². The smallest absolute Gasteiger partial charge is 0.322 e. The predicted octanol–water partition coefficient (Wildman–Crippen LogP) is 0.291. The molecule has 0 spiro atoms. The van der Waals surface area contributed by atoms with Crippen molar-refractivity contribution >= 4 is 17.9 Å². The molecule has 0 saturated carbocycles. The molecule has 1 aliphatic rings. The van der Waals surface area contributed by atoms with Crippen LogP contribution in [0.4, 0.5) is 4.79 Å². The van der Waals surface area contributed by atoms with Crippen LogP contribution in [0.2, 0.25) is 0 Å². The molecule has 0 aromatic heterocycles. The van der Waals surface area contributed by atoms with Crippen molar-refractivity contribution in [2.24, 2.45) is 5.73 Å². The quantitative estimate of drug-likeness (QED) is 0.580. The molecule has 7 heteroatoms. The highest BCUT2D eigenvalue weighted by atomic mass is 16.4. The summed E-state index contributed by atoms with van der Waals surface area (Å²) in [6.07, 6.45) is 0. The molecule has 2 rings (SSSR count). The maximum absolute atomic E-state index is 11.7. The Hall–Kier alpha value is -2.41. The third-order valence-electron chi connectivity index (χ3n) is 2.78. The minimum atomic E-state index is -0.998. The van der Waals surface area contributed by atoms with Gasteiger partial charge in [-0.2, -0.15) is 0 Å². The van der Waals surface area contributed by atoms with Gasteiger partial charge in [0.25, 0.3) is 11.9 Å². The van der Waals surface area contributed by atoms with Crippen molar-refractivity contribution in [3.05, 3.63) is 35.4 Å². The number of aliphatic carboxylic acids is 1. The van der Waals surface area contributed by atoms with Crippen LogP contribution in [0.5, 0.6) is 0 Å². The number of rotatable bonds is 2. The number of hydrogen-bond acceptors (Lipinski definition) is 4. The summed E-state index contributed by atoms with van der Waals surface area (Å²) in [6.45, 7) is 3.16. The maximum Gasteiger partial charge on any atom is 0.322 e. The fourth-order valence-corrected chi connectivity index (χ4v) is 1.76. The van der Waals surface area contributed by atoms with Crippen molar-refractivity contribution in [2.45, 2.75) is 25.9 Å². The molecule has 1 unspecified atom stereocenters. The van der Waals surface area contributed by atoms with E-state index < -0.39 is 17.5 Å². The van der Waals surface area contributed by atoms with E-state index in [1.54, 1.807) is 13.0 Å². The third kappa shape index (κ3) is 3.55. The highest BCUT2D eigenvalue weighted by Gasteiger charge is 2.43. The highest BCUT2D eigenvalue weighted by molar-refractivity contribution is 6.07. The number of carbonyl (C=O) groups is 3. The lowest BCUT2D eigenvalue weighted by atomic mass is 9.91. The first-order chi connectivity index (χ1) is 9.29. The van der Waals surface area contributed by atoms with Crippen LogP contribution in [0.1, 0.15) is 25.0 Å². The molecule has 1 atom stereocenters. The topological polar surface area (TPSA) is 122 Å². The first-order valence-electron chi connectivity index (χ1n) is 5.92. The molecule has 0 bridgehead atoms. The largest absolute Gasteiger partial charge is 0.481 e. The SMILES string of the molecule is CC(=O)O.CC1(c2cccc(CN)c2)NC(=O)NC1=O. The first kappa shape index (κ1) is 15.6. The van der Waals surface area contributed by atoms with Crippen LogP contribution in [-0.4, -0.2) is 23.0 Å². The van der Waals surface area contributed by atoms with Crippen molar-refractivity contribution in [3.63, 3.8) is 0 Å². The van der Waals surface area contributed by atoms with Crippen LogP contribution in [0.15, 0.2) is 24.3 Å². The van der Waals surface area contributed by atoms with E-state index in [1.165, 1.54) is 0 Å². The molecule has 1 aromatic carbocycles. The van der Waals surface area contributed by atoms with E-state index in [4.69, 9.17) is 15.6 Å². The lowest BCUT2D eigenvalue weighted by Gasteiger charge is -2.21. The summed E-state index contributed by atoms with van der Waals surface area (Å²) < 4.78 is 0. The number of urea groups is 1. The van der Waals surface area contributed by atoms with Crippen LogP contribution >= 0.6 is 0 Å². The fourth-order valence-electron chi connectivity index (χ4n) is 1.76. The fraction of sp³-hybridized carbons (Fsp3) is 0.308. The summed E-state index contributed by atoms with van der Waals surface area (Å²) >= 11 is 0. The van der Waals surface area contributed by atoms with Crippen molar-refractivity contribution in [1.29, 1.82) is 0 Å². The second-order valence-corrected chi connectivity index (χ2v) is 4.46. The Kier molecular flexibility index (Phi) is 4.82. The van der Waals surface area contributed by atoms with E-state index in [-0.39, 0.29) is 5.91 Å². The van der Waals surface area contributed by atoms with Gasteiger partial charge in [-0.1, -0.05) is 24.3 Å². The Bertz CT molecular complexity index is 540. The summed E-state index contributed by atoms with van der Waals surface area (Å²) in [6, 6.07) is 6.85. The summed E-state index contributed by atoms with van der Waals surface area (Å²) in [5, 5.41) is 12.2. The van der Waals surface area contributed by atoms with Crippen LogP contribution in [0, 0.1) is 0 Å². The van der Waals surface area contributed by atoms with Gasteiger partial charge in [0.2, 0.25) is 0 Å². The van der Waals surface area contributed by atoms with E-state index in [2.05, 4.69) is 10.6 Å². The summed E-state index contributed by atoms with van der Waals surface area (Å²) in [4.78, 5) is 31.8. The molecule has 5 N–H and O–H groups in total. The molecule has 1 aliphatic heterocycles. The van der Waals surface area contributed by atoms with E-state index in [0.717, 1.165) is 18.1 Å². The number of benzene rings is 1. The molecule has 108 valence electrons. The second kappa shape index (κ2) is 6.16. The van der Waals surface area contributed by atoms with Crippen molar-refractivity contribution in [3.8, 4) is 0 Å². The van der Waals surface area contributed by atoms with Crippen molar-refractivity contribution < 1.29 is 19.5 Å². The molecule has 1 saturated heterocycles. The average molecular weight is 279 g/mol. The van der Waals surface area contributed by atoms with Gasteiger partial charge in [-0.25, -0.2) is 4.79 Å². The Balaban J connectivity index is 0.000000444. The number of amides is 3. The van der Waals surface area contributed by atoms with E-state index in [9.17, 15) is 9.59 Å². The molecule has 3 amide bonds. The number of carboxylic acids is 1. The van der Waals surface area contributed by atoms with Crippen molar-refractivity contribution in [2.75, 3.05) is 0 Å². The maximum atomic E-state index is 11.7. The summed E-state index contributed by atoms with van der Waals surface area (Å²) in [5.74, 6) is -1.17. The molecule has 7 nitrogen and oxygen atoms in total. The van der Waals surface area contributed by atoms with Crippen LogP contribution < -0.4 is 16.4 Å². The zero-order valence-electron chi connectivity index (χ0n) is 11.3. The van der Waals surface area contributed by atoms with Gasteiger partial charge < -0.3 is 16.2 Å². The number of hydrogen-bond donors (Lipinski definition) is 4. The Morgan fingerprint density at radius 1 is 1.40 bits per heavy atom. The van der Waals surface area contributed by atoms with Gasteiger partial charge in [0.05, 0.1) is 0 Å². The van der Waals surface area contributed by atoms with Gasteiger partial charge in [0, 0.05) is 13.5 Å². The zero-order chi connectivity index (χ0) is 15.3. The molecular formula is C13H17N3O4. The Morgan fingerprint density at radius 2 is 2.00 bits per heavy atom. The van der Waals surface area contributed by atoms with E-state index in [0.29, 0.717) is 6.54 Å². The van der Waals surface area contributed by atoms with E-state index >= 15 is 0 Å². The normalized spacial score (nSPS) is 20.6. The van der Waals surface area contributed by atoms with Gasteiger partial charge in [0.1, 0.15) is 5.54 Å². The first-order valence-corrected chi connectivity index (χ1v) is 5.92. The van der Waals surface area contributed by atoms with Crippen LogP contribution in [0.3, 0.4) is 0 Å². The summed E-state index contributed by atoms with van der Waals surface area (Å²) in [5.41, 5.74) is 6.20. The standard InChI is InChI=1S/C11H13N3O2.C2H4O2/c1-11(9(15)13-10(16)14-11)8-4-2-3-7(5-8)6-12;1-2(3)4/h2-5H,6,12H2,1H3,(H2,13,14,15,16);1H3,(H,3,4). The monoisotopic (exact) mass is 279 g/mol. The van der Waals surface area contributed by atoms with Gasteiger partial charge >= 0.3 is 6.03 Å². The lowest BCUT2D eigenvalue weighted by molar-refractivity contribution is -0.134. The number of carboxylic acid groups (broad SMARTS) is 1. The second-order valence-electron chi connectivity index (χ2n) is 4.46. The van der Waals surface area contributed by atoms with E-state index in [1.807, 2.05) is 18.2 Å². The third-order valence-corrected chi connectivity index (χ3v) is 2.78. The molecule has 0 radical (unpaired) electrons. The molecule has 1 aromatic rings. The lowest BCUT2D eigenvalue weighted by Crippen LogP contribution is -2.40. The zero-order valence-corrected chi connectivity index (χ0v) is 11.3. The van der Waals surface area contributed by atoms with Gasteiger partial charge in [-0.15, -0.1) is 0 Å². The Labute approximate surface area is 116 Å². The number of nitrogens with two attached hydrogens (primary N) is 1. The predicted molar refractivity (Wildman–Crippen MR) is 71.7 cm³/mol. The minimum Gasteiger partial charge on any atom is -0.481 e.